The molecule has 0 saturated carbocycles. The third-order valence-electron chi connectivity index (χ3n) is 24.3. The molecule has 0 aliphatic heterocycles. The molecule has 4 unspecified atom stereocenters. The second-order valence-electron chi connectivity index (χ2n) is 48.5. The molecule has 0 aliphatic carbocycles. The Morgan fingerprint density at radius 3 is 0.739 bits per heavy atom. The molecular formula is C102H200N6O31S3. The van der Waals surface area contributed by atoms with Gasteiger partial charge in [0.15, 0.2) is 0 Å². The Morgan fingerprint density at radius 2 is 0.514 bits per heavy atom. The Labute approximate surface area is 859 Å². The van der Waals surface area contributed by atoms with Crippen LogP contribution in [0, 0.1) is 91.2 Å². The molecule has 0 heterocycles. The van der Waals surface area contributed by atoms with Crippen LogP contribution in [0.2, 0.25) is 0 Å². The van der Waals surface area contributed by atoms with Gasteiger partial charge in [-0.3, -0.25) is 57.7 Å². The van der Waals surface area contributed by atoms with Crippen LogP contribution in [0.3, 0.4) is 0 Å². The van der Waals surface area contributed by atoms with E-state index >= 15 is 0 Å². The highest BCUT2D eigenvalue weighted by Gasteiger charge is 2.37. The number of ether oxygens (including phenoxy) is 10. The predicted octanol–water partition coefficient (Wildman–Crippen LogP) is 11.5. The molecule has 0 aromatic rings. The fraction of sp³-hybridized carbons (Fsp3) is 0.892. The van der Waals surface area contributed by atoms with E-state index in [4.69, 9.17) is 47.4 Å². The third-order valence-corrected chi connectivity index (χ3v) is 26.7. The lowest BCUT2D eigenvalue weighted by molar-refractivity contribution is -0.890. The van der Waals surface area contributed by atoms with Crippen molar-refractivity contribution < 1.29 is 162 Å². The van der Waals surface area contributed by atoms with Crippen LogP contribution in [0.4, 0.5) is 0 Å². The normalized spacial score (nSPS) is 13.6. The molecule has 0 amide bonds. The Kier molecular flexibility index (Phi) is 70.4. The van der Waals surface area contributed by atoms with Crippen LogP contribution in [0.25, 0.3) is 0 Å². The fourth-order valence-corrected chi connectivity index (χ4v) is 12.6. The molecule has 0 rings (SSSR count). The highest BCUT2D eigenvalue weighted by atomic mass is 32.2. The zero-order valence-corrected chi connectivity index (χ0v) is 98.3. The van der Waals surface area contributed by atoms with Crippen molar-refractivity contribution in [1.29, 1.82) is 0 Å². The van der Waals surface area contributed by atoms with Crippen LogP contribution < -0.4 is 5.11 Å². The summed E-state index contributed by atoms with van der Waals surface area (Å²) in [7, 11) is 2.55. The smallest absolute Gasteiger partial charge is 0.311 e. The molecule has 37 nitrogen and oxygen atoms in total. The molecule has 0 spiro atoms. The fourth-order valence-electron chi connectivity index (χ4n) is 11.2. The van der Waals surface area contributed by atoms with Gasteiger partial charge in [-0.2, -0.15) is 0 Å². The number of carbonyl (C=O) groups is 11. The van der Waals surface area contributed by atoms with Crippen molar-refractivity contribution in [2.45, 2.75) is 273 Å². The van der Waals surface area contributed by atoms with Crippen LogP contribution in [-0.2, 0) is 130 Å². The largest absolute Gasteiger partial charge is 0.748 e. The predicted molar refractivity (Wildman–Crippen MR) is 547 cm³/mol. The van der Waals surface area contributed by atoms with E-state index in [0.717, 1.165) is 0 Å². The van der Waals surface area contributed by atoms with E-state index < -0.39 is 47.2 Å². The monoisotopic (exact) mass is 2100 g/mol. The molecular weight excluding hydrogens is 1900 g/mol. The van der Waals surface area contributed by atoms with Gasteiger partial charge in [0.1, 0.15) is 98.8 Å². The van der Waals surface area contributed by atoms with Gasteiger partial charge in [-0.15, -0.1) is 0 Å². The van der Waals surface area contributed by atoms with Gasteiger partial charge in [-0.25, -0.2) is 25.3 Å². The van der Waals surface area contributed by atoms with Gasteiger partial charge in [0.05, 0.1) is 166 Å². The van der Waals surface area contributed by atoms with Crippen molar-refractivity contribution in [3.05, 3.63) is 0 Å². The highest BCUT2D eigenvalue weighted by molar-refractivity contribution is 7.86. The topological polar surface area (TPSA) is 481 Å². The van der Waals surface area contributed by atoms with Gasteiger partial charge >= 0.3 is 59.7 Å². The van der Waals surface area contributed by atoms with Crippen molar-refractivity contribution >= 4 is 96.0 Å². The number of likely N-dealkylation sites (N-methyl/N-ethyl adjacent to an activating group) is 4. The maximum atomic E-state index is 12.3. The first kappa shape index (κ1) is 146. The number of carboxylic acid groups (broad SMARTS) is 1. The lowest BCUT2D eigenvalue weighted by atomic mass is 9.81. The van der Waals surface area contributed by atoms with Crippen LogP contribution in [0.1, 0.15) is 273 Å². The van der Waals surface area contributed by atoms with E-state index in [9.17, 15) is 96.8 Å². The molecule has 0 bridgehead atoms. The zero-order valence-electron chi connectivity index (χ0n) is 95.8. The standard InChI is InChI=1S/C25H47NO6.C23H43NO6.2C14H29NO5S.C13H27NO5S.C13H25NO4/c1-17(2)19(5)22(27)30-14-11-26(12-15-31-23(28)20(6)18(3)4)13-16-32-24(29)21(7)25(8,9)10;1-18(2)15-19(25)28-12-9-24(10-13-29-20(26)16-22(3,4)5)11-14-30-21(27)17-23(6,7)8;1-12(14(2,3)4)13(16)20-10-9-15(5,6)8-7-11-21(17,18)19;1-12(2)14(3,4)13(16)20-10-9-15(5,6)8-7-11-21(17,18)19;1-13(2,3)11-12(15)19-9-8-14(4,5)7-6-10-20(16,17)18;1-10(2)13(3,4)12(17)18-8-7-14(5,6)9-11(15)16/h17-21H,11-16H2,1-10H3;18H,9-17H2,1-8H3;2*12H,7-11H2,1-6H3;6-11H2,1-5H3;10H,7-9H2,1-6H3. The molecule has 0 aliphatic rings. The molecule has 4 atom stereocenters. The number of esters is 10. The Balaban J connectivity index is -0.000000396. The minimum absolute atomic E-state index is 0.0921. The maximum Gasteiger partial charge on any atom is 0.311 e. The zero-order chi connectivity index (χ0) is 113. The summed E-state index contributed by atoms with van der Waals surface area (Å²) in [5.41, 5.74) is -1.68. The minimum Gasteiger partial charge on any atom is -0.748 e. The molecule has 0 N–H and O–H groups in total. The second kappa shape index (κ2) is 68.3. The van der Waals surface area contributed by atoms with Crippen LogP contribution in [0.15, 0.2) is 0 Å². The number of hydrogen-bond donors (Lipinski definition) is 0. The van der Waals surface area contributed by atoms with Gasteiger partial charge in [0.2, 0.25) is 0 Å². The summed E-state index contributed by atoms with van der Waals surface area (Å²) in [6, 6.07) is 0. The number of aliphatic carboxylic acids is 1. The van der Waals surface area contributed by atoms with E-state index in [2.05, 4.69) is 0 Å². The molecule has 0 aromatic heterocycles. The van der Waals surface area contributed by atoms with Crippen LogP contribution in [-0.4, -0.2) is 364 Å². The van der Waals surface area contributed by atoms with E-state index in [1.165, 1.54) is 0 Å². The summed E-state index contributed by atoms with van der Waals surface area (Å²) in [6.07, 6.45) is 2.39. The van der Waals surface area contributed by atoms with Crippen LogP contribution >= 0.6 is 0 Å². The van der Waals surface area contributed by atoms with Crippen molar-refractivity contribution in [2.75, 3.05) is 231 Å². The van der Waals surface area contributed by atoms with Crippen LogP contribution in [0.5, 0.6) is 0 Å². The summed E-state index contributed by atoms with van der Waals surface area (Å²) in [4.78, 5) is 134. The van der Waals surface area contributed by atoms with Gasteiger partial charge < -0.3 is 88.9 Å². The molecule has 0 saturated heterocycles. The Bertz CT molecular complexity index is 3950. The summed E-state index contributed by atoms with van der Waals surface area (Å²) in [5, 5.41) is 10.5. The number of carbonyl (C=O) groups excluding carboxylic acids is 11. The number of rotatable bonds is 59. The average Bonchev–Trinajstić information content (AvgIpc) is 0.858. The lowest BCUT2D eigenvalue weighted by Gasteiger charge is -2.31. The quantitative estimate of drug-likeness (QED) is 0.0236. The van der Waals surface area contributed by atoms with Crippen molar-refractivity contribution in [3.8, 4) is 0 Å². The number of hydrogen-bond acceptors (Lipinski definition) is 33. The van der Waals surface area contributed by atoms with E-state index in [0.29, 0.717) is 150 Å². The van der Waals surface area contributed by atoms with Gasteiger partial charge in [0, 0.05) is 82.2 Å². The molecule has 40 heteroatoms. The van der Waals surface area contributed by atoms with E-state index in [-0.39, 0.29) is 228 Å². The van der Waals surface area contributed by atoms with Gasteiger partial charge in [-0.05, 0) is 84.4 Å². The van der Waals surface area contributed by atoms with E-state index in [1.807, 2.05) is 281 Å². The number of nitrogens with zero attached hydrogens (tertiary/aromatic N) is 6. The Morgan fingerprint density at radius 1 is 0.296 bits per heavy atom. The summed E-state index contributed by atoms with van der Waals surface area (Å²) in [6.45, 7) is 73.5. The number of carboxylic acids is 1. The first-order valence-corrected chi connectivity index (χ1v) is 54.8. The SMILES string of the molecule is CC(C(=O)OCC[N+](C)(C)CCCS(=O)(=O)[O-])C(C)(C)C.CC(C)(C)CC(=O)OCC[N+](C)(C)CCCS(=O)(=O)[O-].CC(C)C(C)(C)C(=O)OCC[N+](C)(C)CC(=O)[O-].CC(C)C(C)(C)C(=O)OCC[N+](C)(C)CCCS(=O)(=O)[O-].CC(C)C(C)C(=O)OCCN(CCOC(=O)C(C)C(C)C)CCOC(=O)C(C)C(C)(C)C.CC(C)CC(=O)OCCN(CCOC(=O)CC(C)(C)C)CCOC(=O)CC(C)(C)C. The van der Waals surface area contributed by atoms with Crippen molar-refractivity contribution in [2.24, 2.45) is 91.2 Å². The summed E-state index contributed by atoms with van der Waals surface area (Å²) >= 11 is 0. The first-order valence-electron chi connectivity index (χ1n) is 50.0. The molecule has 0 aromatic carbocycles. The van der Waals surface area contributed by atoms with E-state index in [1.54, 1.807) is 14.1 Å². The maximum absolute atomic E-state index is 12.3. The minimum atomic E-state index is -4.15. The van der Waals surface area contributed by atoms with Gasteiger partial charge in [-0.1, -0.05) is 201 Å². The molecule has 142 heavy (non-hydrogen) atoms. The summed E-state index contributed by atoms with van der Waals surface area (Å²) < 4.78 is 150. The molecule has 842 valence electrons. The lowest BCUT2D eigenvalue weighted by Crippen LogP contribution is -2.50. The van der Waals surface area contributed by atoms with Gasteiger partial charge in [0.25, 0.3) is 0 Å². The summed E-state index contributed by atoms with van der Waals surface area (Å²) in [5.74, 6) is -4.10. The second-order valence-corrected chi connectivity index (χ2v) is 53.1. The highest BCUT2D eigenvalue weighted by Crippen LogP contribution is 2.31. The number of quaternary nitrogens is 4. The average molecular weight is 2100 g/mol. The van der Waals surface area contributed by atoms with Crippen molar-refractivity contribution in [1.82, 2.24) is 9.80 Å². The first-order chi connectivity index (χ1) is 63.7. The molecule has 0 fully saturated rings. The van der Waals surface area contributed by atoms with Crippen molar-refractivity contribution in [3.63, 3.8) is 0 Å². The Hall–Kier alpha value is -6.34. The third kappa shape index (κ3) is 85.7. The molecule has 0 radical (unpaired) electrons.